The summed E-state index contributed by atoms with van der Waals surface area (Å²) < 4.78 is 0. The van der Waals surface area contributed by atoms with Gasteiger partial charge in [0.2, 0.25) is 0 Å². The molecule has 0 fully saturated rings. The summed E-state index contributed by atoms with van der Waals surface area (Å²) in [4.78, 5) is 13.8. The number of rotatable bonds is 3. The Morgan fingerprint density at radius 1 is 1.38 bits per heavy atom. The summed E-state index contributed by atoms with van der Waals surface area (Å²) >= 11 is 0. The Kier molecular flexibility index (Phi) is 3.77. The van der Waals surface area contributed by atoms with Gasteiger partial charge in [0.1, 0.15) is 0 Å². The lowest BCUT2D eigenvalue weighted by molar-refractivity contribution is 0.0944. The summed E-state index contributed by atoms with van der Waals surface area (Å²) in [7, 11) is 3.85. The number of carbonyl (C=O) groups excluding carboxylic acids is 1. The maximum absolute atomic E-state index is 11.8. The van der Waals surface area contributed by atoms with Crippen LogP contribution in [0.5, 0.6) is 0 Å². The van der Waals surface area contributed by atoms with Crippen LogP contribution in [0.3, 0.4) is 0 Å². The van der Waals surface area contributed by atoms with Gasteiger partial charge in [-0.3, -0.25) is 4.79 Å². The van der Waals surface area contributed by atoms with E-state index in [1.54, 1.807) is 12.1 Å². The molecule has 0 aliphatic rings. The molecular formula is C12H19N3O. The fourth-order valence-corrected chi connectivity index (χ4v) is 1.36. The second-order valence-electron chi connectivity index (χ2n) is 4.29. The van der Waals surface area contributed by atoms with Crippen LogP contribution in [0.4, 0.5) is 11.4 Å². The molecule has 3 N–H and O–H groups in total. The van der Waals surface area contributed by atoms with Gasteiger partial charge in [0.25, 0.3) is 5.91 Å². The van der Waals surface area contributed by atoms with Crippen molar-refractivity contribution in [2.45, 2.75) is 19.9 Å². The lowest BCUT2D eigenvalue weighted by Gasteiger charge is -2.16. The Morgan fingerprint density at radius 2 is 2.00 bits per heavy atom. The van der Waals surface area contributed by atoms with E-state index in [0.717, 1.165) is 5.69 Å². The molecule has 1 aromatic carbocycles. The van der Waals surface area contributed by atoms with Gasteiger partial charge in [-0.05, 0) is 32.0 Å². The van der Waals surface area contributed by atoms with E-state index in [9.17, 15) is 4.79 Å². The molecule has 1 amide bonds. The number of nitrogens with two attached hydrogens (primary N) is 1. The molecule has 4 heteroatoms. The number of hydrogen-bond acceptors (Lipinski definition) is 3. The molecule has 0 aliphatic carbocycles. The Hall–Kier alpha value is -1.71. The maximum Gasteiger partial charge on any atom is 0.253 e. The SMILES string of the molecule is CC(C)NC(=O)c1cc(N(C)C)ccc1N. The number of carbonyl (C=O) groups is 1. The van der Waals surface area contributed by atoms with Crippen LogP contribution in [0.25, 0.3) is 0 Å². The molecular weight excluding hydrogens is 202 g/mol. The number of nitrogens with one attached hydrogen (secondary N) is 1. The second-order valence-corrected chi connectivity index (χ2v) is 4.29. The zero-order valence-electron chi connectivity index (χ0n) is 10.2. The van der Waals surface area contributed by atoms with Gasteiger partial charge in [0.15, 0.2) is 0 Å². The molecule has 1 aromatic rings. The molecule has 0 unspecified atom stereocenters. The van der Waals surface area contributed by atoms with E-state index in [1.165, 1.54) is 0 Å². The number of hydrogen-bond donors (Lipinski definition) is 2. The first kappa shape index (κ1) is 12.4. The highest BCUT2D eigenvalue weighted by atomic mass is 16.1. The van der Waals surface area contributed by atoms with Gasteiger partial charge in [0.05, 0.1) is 5.56 Å². The van der Waals surface area contributed by atoms with E-state index in [2.05, 4.69) is 5.32 Å². The normalized spacial score (nSPS) is 10.3. The maximum atomic E-state index is 11.8. The lowest BCUT2D eigenvalue weighted by Crippen LogP contribution is -2.30. The molecule has 16 heavy (non-hydrogen) atoms. The fraction of sp³-hybridized carbons (Fsp3) is 0.417. The van der Waals surface area contributed by atoms with Crippen LogP contribution in [0.2, 0.25) is 0 Å². The van der Waals surface area contributed by atoms with Gasteiger partial charge in [-0.15, -0.1) is 0 Å². The first-order valence-corrected chi connectivity index (χ1v) is 5.29. The minimum absolute atomic E-state index is 0.106. The van der Waals surface area contributed by atoms with E-state index < -0.39 is 0 Å². The third-order valence-corrected chi connectivity index (χ3v) is 2.22. The predicted molar refractivity (Wildman–Crippen MR) is 67.8 cm³/mol. The van der Waals surface area contributed by atoms with Crippen molar-refractivity contribution < 1.29 is 4.79 Å². The molecule has 0 aromatic heterocycles. The molecule has 0 heterocycles. The van der Waals surface area contributed by atoms with Crippen LogP contribution in [-0.2, 0) is 0 Å². The third-order valence-electron chi connectivity index (χ3n) is 2.22. The zero-order valence-corrected chi connectivity index (χ0v) is 10.2. The van der Waals surface area contributed by atoms with Gasteiger partial charge in [-0.1, -0.05) is 0 Å². The number of amides is 1. The van der Waals surface area contributed by atoms with Crippen molar-refractivity contribution in [1.82, 2.24) is 5.32 Å². The molecule has 88 valence electrons. The molecule has 0 aliphatic heterocycles. The Bertz CT molecular complexity index is 386. The van der Waals surface area contributed by atoms with Crippen molar-refractivity contribution in [2.75, 3.05) is 24.7 Å². The molecule has 1 rings (SSSR count). The largest absolute Gasteiger partial charge is 0.398 e. The third kappa shape index (κ3) is 2.89. The van der Waals surface area contributed by atoms with Gasteiger partial charge < -0.3 is 16.0 Å². The standard InChI is InChI=1S/C12H19N3O/c1-8(2)14-12(16)10-7-9(15(3)4)5-6-11(10)13/h5-8H,13H2,1-4H3,(H,14,16). The fourth-order valence-electron chi connectivity index (χ4n) is 1.36. The van der Waals surface area contributed by atoms with Crippen molar-refractivity contribution >= 4 is 17.3 Å². The van der Waals surface area contributed by atoms with Crippen molar-refractivity contribution in [3.05, 3.63) is 23.8 Å². The highest BCUT2D eigenvalue weighted by molar-refractivity contribution is 6.00. The van der Waals surface area contributed by atoms with Gasteiger partial charge >= 0.3 is 0 Å². The molecule has 0 saturated heterocycles. The van der Waals surface area contributed by atoms with E-state index in [1.807, 2.05) is 38.9 Å². The average Bonchev–Trinajstić information content (AvgIpc) is 2.16. The Balaban J connectivity index is 3.02. The number of nitrogen functional groups attached to an aromatic ring is 1. The van der Waals surface area contributed by atoms with Crippen LogP contribution in [0.1, 0.15) is 24.2 Å². The molecule has 0 bridgehead atoms. The van der Waals surface area contributed by atoms with Crippen LogP contribution in [-0.4, -0.2) is 26.0 Å². The smallest absolute Gasteiger partial charge is 0.253 e. The monoisotopic (exact) mass is 221 g/mol. The van der Waals surface area contributed by atoms with Crippen molar-refractivity contribution in [1.29, 1.82) is 0 Å². The number of anilines is 2. The van der Waals surface area contributed by atoms with Crippen LogP contribution >= 0.6 is 0 Å². The number of nitrogens with zero attached hydrogens (tertiary/aromatic N) is 1. The lowest BCUT2D eigenvalue weighted by atomic mass is 10.1. The molecule has 0 saturated carbocycles. The van der Waals surface area contributed by atoms with Crippen molar-refractivity contribution in [3.63, 3.8) is 0 Å². The first-order chi connectivity index (χ1) is 7.41. The topological polar surface area (TPSA) is 58.4 Å². The van der Waals surface area contributed by atoms with E-state index >= 15 is 0 Å². The van der Waals surface area contributed by atoms with Crippen LogP contribution in [0.15, 0.2) is 18.2 Å². The van der Waals surface area contributed by atoms with Gasteiger partial charge in [-0.25, -0.2) is 0 Å². The molecule has 4 nitrogen and oxygen atoms in total. The van der Waals surface area contributed by atoms with Crippen LogP contribution < -0.4 is 16.0 Å². The zero-order chi connectivity index (χ0) is 12.3. The minimum atomic E-state index is -0.129. The van der Waals surface area contributed by atoms with Crippen LogP contribution in [0, 0.1) is 0 Å². The summed E-state index contributed by atoms with van der Waals surface area (Å²) in [5.74, 6) is -0.129. The van der Waals surface area contributed by atoms with E-state index in [4.69, 9.17) is 5.73 Å². The second kappa shape index (κ2) is 4.88. The summed E-state index contributed by atoms with van der Waals surface area (Å²) in [5, 5.41) is 2.83. The Morgan fingerprint density at radius 3 is 2.50 bits per heavy atom. The van der Waals surface area contributed by atoms with E-state index in [0.29, 0.717) is 11.3 Å². The van der Waals surface area contributed by atoms with E-state index in [-0.39, 0.29) is 11.9 Å². The summed E-state index contributed by atoms with van der Waals surface area (Å²) in [5.41, 5.74) is 7.78. The summed E-state index contributed by atoms with van der Waals surface area (Å²) in [6.45, 7) is 3.84. The molecule has 0 atom stereocenters. The summed E-state index contributed by atoms with van der Waals surface area (Å²) in [6, 6.07) is 5.55. The van der Waals surface area contributed by atoms with Gasteiger partial charge in [0, 0.05) is 31.5 Å². The highest BCUT2D eigenvalue weighted by Gasteiger charge is 2.11. The van der Waals surface area contributed by atoms with Gasteiger partial charge in [-0.2, -0.15) is 0 Å². The average molecular weight is 221 g/mol. The highest BCUT2D eigenvalue weighted by Crippen LogP contribution is 2.19. The summed E-state index contributed by atoms with van der Waals surface area (Å²) in [6.07, 6.45) is 0. The van der Waals surface area contributed by atoms with Crippen molar-refractivity contribution in [2.24, 2.45) is 0 Å². The first-order valence-electron chi connectivity index (χ1n) is 5.29. The predicted octanol–water partition coefficient (Wildman–Crippen LogP) is 1.47. The molecule has 0 spiro atoms. The number of benzene rings is 1. The Labute approximate surface area is 96.4 Å². The minimum Gasteiger partial charge on any atom is -0.398 e. The quantitative estimate of drug-likeness (QED) is 0.760. The molecule has 0 radical (unpaired) electrons. The van der Waals surface area contributed by atoms with Crippen molar-refractivity contribution in [3.8, 4) is 0 Å².